The zero-order chi connectivity index (χ0) is 34.4. The van der Waals surface area contributed by atoms with E-state index < -0.39 is 16.4 Å². The highest BCUT2D eigenvalue weighted by atomic mass is 35.5. The molecule has 246 valence electrons. The predicted molar refractivity (Wildman–Crippen MR) is 183 cm³/mol. The Balaban J connectivity index is 1.42. The Morgan fingerprint density at radius 3 is 2.32 bits per heavy atom. The predicted octanol–water partition coefficient (Wildman–Crippen LogP) is 8.69. The third kappa shape index (κ3) is 4.81. The zero-order valence-electron chi connectivity index (χ0n) is 28.7. The Labute approximate surface area is 284 Å². The highest BCUT2D eigenvalue weighted by Gasteiger charge is 2.70. The van der Waals surface area contributed by atoms with Gasteiger partial charge in [0.1, 0.15) is 0 Å². The Morgan fingerprint density at radius 2 is 1.68 bits per heavy atom. The molecule has 5 aliphatic carbocycles. The number of nitrogens with one attached hydrogen (secondary N) is 1. The van der Waals surface area contributed by atoms with Gasteiger partial charge in [-0.1, -0.05) is 83.8 Å². The Bertz CT molecular complexity index is 1750. The van der Waals surface area contributed by atoms with E-state index in [1.807, 2.05) is 26.0 Å². The number of allylic oxidation sites excluding steroid dienone is 5. The number of rotatable bonds is 3. The van der Waals surface area contributed by atoms with Crippen molar-refractivity contribution in [2.24, 2.45) is 44.8 Å². The summed E-state index contributed by atoms with van der Waals surface area (Å²) in [6.45, 7) is 23.0. The molecular weight excluding hydrogens is 606 g/mol. The molecule has 7 atom stereocenters. The topological polar surface area (TPSA) is 91.4 Å². The molecule has 0 aromatic heterocycles. The van der Waals surface area contributed by atoms with E-state index >= 15 is 0 Å². The minimum atomic E-state index is -0.701. The fraction of sp³-hybridized carbons (Fsp3) is 0.575. The van der Waals surface area contributed by atoms with Gasteiger partial charge in [0.05, 0.1) is 18.2 Å². The summed E-state index contributed by atoms with van der Waals surface area (Å²) in [4.78, 5) is 45.6. The van der Waals surface area contributed by atoms with Crippen molar-refractivity contribution in [2.45, 2.75) is 99.0 Å². The summed E-state index contributed by atoms with van der Waals surface area (Å²) >= 11 is 6.06. The van der Waals surface area contributed by atoms with Crippen LogP contribution in [0, 0.1) is 62.7 Å². The van der Waals surface area contributed by atoms with Gasteiger partial charge in [0.15, 0.2) is 11.6 Å². The Morgan fingerprint density at radius 1 is 1.02 bits per heavy atom. The molecular formula is C40H46ClN3O3. The fourth-order valence-electron chi connectivity index (χ4n) is 11.0. The number of hydrogen-bond acceptors (Lipinski definition) is 4. The van der Waals surface area contributed by atoms with Gasteiger partial charge in [0.25, 0.3) is 0 Å². The standard InChI is InChI=1S/C40H46ClN3O3/c1-35(2)15-17-40(44-32(46)19-25(23-42)24-9-11-26(41)12-10-24)18-16-39(7)33(27(40)21-35)29(45)20-31-37(5)22-28(43-8)34(47)36(3,4)30(37)13-14-38(31,39)6/h9-12,19-20,22,27,30,33H,13-18,21H2,1-7H3,(H,44,46)/b25-19+/t27-,30-,33-,37-,38+,39+,40-/m0/s1. The molecule has 1 amide bonds. The largest absolute Gasteiger partial charge is 0.347 e. The van der Waals surface area contributed by atoms with E-state index in [0.717, 1.165) is 50.5 Å². The van der Waals surface area contributed by atoms with E-state index in [1.165, 1.54) is 6.08 Å². The van der Waals surface area contributed by atoms with Gasteiger partial charge in [0.2, 0.25) is 11.6 Å². The third-order valence-electron chi connectivity index (χ3n) is 13.8. The summed E-state index contributed by atoms with van der Waals surface area (Å²) < 4.78 is 0. The summed E-state index contributed by atoms with van der Waals surface area (Å²) in [7, 11) is 0. The van der Waals surface area contributed by atoms with Crippen LogP contribution in [-0.4, -0.2) is 23.0 Å². The van der Waals surface area contributed by atoms with E-state index in [1.54, 1.807) is 24.3 Å². The first-order chi connectivity index (χ1) is 21.9. The first-order valence-corrected chi connectivity index (χ1v) is 17.4. The van der Waals surface area contributed by atoms with Crippen molar-refractivity contribution in [3.63, 3.8) is 0 Å². The van der Waals surface area contributed by atoms with Crippen molar-refractivity contribution >= 4 is 34.6 Å². The van der Waals surface area contributed by atoms with Crippen LogP contribution >= 0.6 is 11.6 Å². The van der Waals surface area contributed by atoms with Gasteiger partial charge in [-0.05, 0) is 96.8 Å². The molecule has 6 rings (SSSR count). The fourth-order valence-corrected chi connectivity index (χ4v) is 11.2. The van der Waals surface area contributed by atoms with E-state index in [0.29, 0.717) is 10.6 Å². The molecule has 0 unspecified atom stereocenters. The Hall–Kier alpha value is -3.48. The second-order valence-electron chi connectivity index (χ2n) is 17.1. The van der Waals surface area contributed by atoms with Crippen LogP contribution in [-0.2, 0) is 14.4 Å². The van der Waals surface area contributed by atoms with Crippen molar-refractivity contribution in [1.82, 2.24) is 5.32 Å². The summed E-state index contributed by atoms with van der Waals surface area (Å²) in [5.41, 5.74) is -0.390. The number of fused-ring (bicyclic) bond motifs is 7. The van der Waals surface area contributed by atoms with Crippen molar-refractivity contribution in [3.8, 4) is 6.07 Å². The number of carbonyl (C=O) groups excluding carboxylic acids is 3. The molecule has 3 fully saturated rings. The lowest BCUT2D eigenvalue weighted by molar-refractivity contribution is -0.163. The lowest BCUT2D eigenvalue weighted by Crippen LogP contribution is -2.69. The number of ketones is 2. The van der Waals surface area contributed by atoms with Gasteiger partial charge >= 0.3 is 0 Å². The summed E-state index contributed by atoms with van der Waals surface area (Å²) in [5, 5.41) is 13.9. The summed E-state index contributed by atoms with van der Waals surface area (Å²) in [6, 6.07) is 9.06. The van der Waals surface area contributed by atoms with Crippen LogP contribution in [0.1, 0.15) is 99.0 Å². The second-order valence-corrected chi connectivity index (χ2v) is 17.5. The monoisotopic (exact) mass is 651 g/mol. The van der Waals surface area contributed by atoms with Crippen molar-refractivity contribution in [3.05, 3.63) is 75.8 Å². The van der Waals surface area contributed by atoms with Crippen molar-refractivity contribution in [2.75, 3.05) is 0 Å². The first kappa shape index (κ1) is 33.4. The van der Waals surface area contributed by atoms with E-state index in [4.69, 9.17) is 18.2 Å². The third-order valence-corrected chi connectivity index (χ3v) is 14.0. The molecule has 3 saturated carbocycles. The lowest BCUT2D eigenvalue weighted by atomic mass is 9.35. The molecule has 5 aliphatic rings. The van der Waals surface area contributed by atoms with Crippen molar-refractivity contribution < 1.29 is 14.4 Å². The molecule has 0 bridgehead atoms. The highest BCUT2D eigenvalue weighted by Crippen LogP contribution is 2.73. The van der Waals surface area contributed by atoms with Crippen LogP contribution in [0.25, 0.3) is 10.4 Å². The molecule has 1 aromatic carbocycles. The quantitative estimate of drug-likeness (QED) is 0.201. The minimum absolute atomic E-state index is 0.00221. The maximum absolute atomic E-state index is 14.8. The van der Waals surface area contributed by atoms with Crippen LogP contribution in [0.3, 0.4) is 0 Å². The number of nitriles is 1. The van der Waals surface area contributed by atoms with Crippen LogP contribution in [0.5, 0.6) is 0 Å². The van der Waals surface area contributed by atoms with Gasteiger partial charge in [-0.15, -0.1) is 0 Å². The van der Waals surface area contributed by atoms with Gasteiger partial charge < -0.3 is 10.1 Å². The maximum atomic E-state index is 14.8. The molecule has 7 heteroatoms. The second kappa shape index (κ2) is 10.8. The van der Waals surface area contributed by atoms with E-state index in [9.17, 15) is 19.6 Å². The molecule has 0 spiro atoms. The van der Waals surface area contributed by atoms with Crippen molar-refractivity contribution in [1.29, 1.82) is 5.26 Å². The molecule has 6 nitrogen and oxygen atoms in total. The average Bonchev–Trinajstić information content (AvgIpc) is 3.00. The highest BCUT2D eigenvalue weighted by molar-refractivity contribution is 6.30. The minimum Gasteiger partial charge on any atom is -0.347 e. The molecule has 0 aliphatic heterocycles. The van der Waals surface area contributed by atoms with Gasteiger partial charge in [-0.3, -0.25) is 9.59 Å². The number of halogens is 1. The van der Waals surface area contributed by atoms with Gasteiger partial charge in [-0.25, -0.2) is 4.85 Å². The normalized spacial score (nSPS) is 38.6. The number of hydrogen-bond donors (Lipinski definition) is 1. The molecule has 0 saturated heterocycles. The molecule has 0 heterocycles. The maximum Gasteiger partial charge on any atom is 0.245 e. The van der Waals surface area contributed by atoms with E-state index in [2.05, 4.69) is 50.8 Å². The number of carbonyl (C=O) groups is 3. The number of Topliss-reactive ketones (excluding diaryl/α,β-unsaturated/α-hetero) is 1. The summed E-state index contributed by atoms with van der Waals surface area (Å²) in [6.07, 6.45) is 10.9. The smallest absolute Gasteiger partial charge is 0.245 e. The summed E-state index contributed by atoms with van der Waals surface area (Å²) in [5.74, 6) is -0.674. The zero-order valence-corrected chi connectivity index (χ0v) is 29.5. The van der Waals surface area contributed by atoms with E-state index in [-0.39, 0.29) is 62.7 Å². The number of amides is 1. The molecule has 0 radical (unpaired) electrons. The van der Waals surface area contributed by atoms with Crippen LogP contribution in [0.4, 0.5) is 0 Å². The first-order valence-electron chi connectivity index (χ1n) is 17.0. The van der Waals surface area contributed by atoms with Crippen LogP contribution < -0.4 is 5.32 Å². The van der Waals surface area contributed by atoms with Crippen LogP contribution in [0.15, 0.2) is 53.8 Å². The Kier molecular flexibility index (Phi) is 7.65. The SMILES string of the molecule is [C-]#[N+]C1=C[C@]2(C)C3=CC(=O)[C@@H]4[C@@H]5CC(C)(C)CC[C@]5(NC(=O)/C=C(\C#N)c5ccc(Cl)cc5)CC[C@@]4(C)[C@]3(C)CC[C@H]2C(C)(C)C1=O. The molecule has 1 aromatic rings. The van der Waals surface area contributed by atoms with Gasteiger partial charge in [-0.2, -0.15) is 5.26 Å². The average molecular weight is 652 g/mol. The van der Waals surface area contributed by atoms with Crippen LogP contribution in [0.2, 0.25) is 5.02 Å². The number of benzene rings is 1. The molecule has 1 N–H and O–H groups in total. The number of nitrogens with zero attached hydrogens (tertiary/aromatic N) is 2. The van der Waals surface area contributed by atoms with Gasteiger partial charge in [0, 0.05) is 33.4 Å². The lowest BCUT2D eigenvalue weighted by Gasteiger charge is -2.69. The molecule has 47 heavy (non-hydrogen) atoms.